The molecule has 0 unspecified atom stereocenters. The smallest absolute Gasteiger partial charge is 0.0462 e. The molecule has 0 bridgehead atoms. The molecule has 4 aromatic rings. The SMILES string of the molecule is Brc1ccc(/C=C/c2ccc(N(c3ccccc3)c3ccccc3)cc2)cc1. The Morgan fingerprint density at radius 1 is 0.464 bits per heavy atom. The van der Waals surface area contributed by atoms with Crippen LogP contribution in [0.4, 0.5) is 17.1 Å². The van der Waals surface area contributed by atoms with Gasteiger partial charge in [-0.05, 0) is 59.7 Å². The largest absolute Gasteiger partial charge is 0.311 e. The number of rotatable bonds is 5. The van der Waals surface area contributed by atoms with E-state index < -0.39 is 0 Å². The van der Waals surface area contributed by atoms with Crippen LogP contribution in [0.2, 0.25) is 0 Å². The summed E-state index contributed by atoms with van der Waals surface area (Å²) in [6.45, 7) is 0. The Morgan fingerprint density at radius 2 is 0.857 bits per heavy atom. The Labute approximate surface area is 174 Å². The van der Waals surface area contributed by atoms with Crippen molar-refractivity contribution in [3.63, 3.8) is 0 Å². The van der Waals surface area contributed by atoms with Crippen LogP contribution in [0.5, 0.6) is 0 Å². The Morgan fingerprint density at radius 3 is 1.32 bits per heavy atom. The number of benzene rings is 4. The molecule has 0 N–H and O–H groups in total. The first-order valence-electron chi connectivity index (χ1n) is 9.23. The fraction of sp³-hybridized carbons (Fsp3) is 0. The predicted octanol–water partition coefficient (Wildman–Crippen LogP) is 8.09. The van der Waals surface area contributed by atoms with E-state index in [1.165, 1.54) is 11.1 Å². The van der Waals surface area contributed by atoms with E-state index in [0.29, 0.717) is 0 Å². The molecule has 1 nitrogen and oxygen atoms in total. The van der Waals surface area contributed by atoms with E-state index in [-0.39, 0.29) is 0 Å². The maximum absolute atomic E-state index is 3.47. The van der Waals surface area contributed by atoms with Crippen molar-refractivity contribution in [1.29, 1.82) is 0 Å². The van der Waals surface area contributed by atoms with E-state index in [4.69, 9.17) is 0 Å². The molecule has 0 heterocycles. The van der Waals surface area contributed by atoms with Crippen LogP contribution in [0.15, 0.2) is 114 Å². The first-order chi connectivity index (χ1) is 13.8. The first kappa shape index (κ1) is 18.3. The summed E-state index contributed by atoms with van der Waals surface area (Å²) >= 11 is 3.47. The van der Waals surface area contributed by atoms with Crippen LogP contribution in [0.1, 0.15) is 11.1 Å². The summed E-state index contributed by atoms with van der Waals surface area (Å²) in [5, 5.41) is 0. The summed E-state index contributed by atoms with van der Waals surface area (Å²) in [7, 11) is 0. The van der Waals surface area contributed by atoms with Gasteiger partial charge in [-0.3, -0.25) is 0 Å². The molecule has 2 heteroatoms. The highest BCUT2D eigenvalue weighted by Gasteiger charge is 2.11. The Hall–Kier alpha value is -3.10. The van der Waals surface area contributed by atoms with Crippen molar-refractivity contribution in [3.8, 4) is 0 Å². The molecule has 0 atom stereocenters. The number of nitrogens with zero attached hydrogens (tertiary/aromatic N) is 1. The molecule has 0 spiro atoms. The maximum Gasteiger partial charge on any atom is 0.0462 e. The second-order valence-corrected chi connectivity index (χ2v) is 7.40. The number of hydrogen-bond acceptors (Lipinski definition) is 1. The summed E-state index contributed by atoms with van der Waals surface area (Å²) in [4.78, 5) is 2.27. The lowest BCUT2D eigenvalue weighted by atomic mass is 10.1. The molecule has 0 saturated carbocycles. The van der Waals surface area contributed by atoms with Gasteiger partial charge in [0.25, 0.3) is 0 Å². The van der Waals surface area contributed by atoms with Crippen molar-refractivity contribution >= 4 is 45.1 Å². The molecular formula is C26H20BrN. The van der Waals surface area contributed by atoms with Gasteiger partial charge in [0.15, 0.2) is 0 Å². The molecule has 4 aromatic carbocycles. The minimum absolute atomic E-state index is 1.09. The van der Waals surface area contributed by atoms with Gasteiger partial charge in [-0.15, -0.1) is 0 Å². The van der Waals surface area contributed by atoms with Crippen LogP contribution < -0.4 is 4.90 Å². The quantitative estimate of drug-likeness (QED) is 0.292. The van der Waals surface area contributed by atoms with Gasteiger partial charge in [-0.2, -0.15) is 0 Å². The van der Waals surface area contributed by atoms with E-state index in [1.807, 2.05) is 12.1 Å². The van der Waals surface area contributed by atoms with Gasteiger partial charge < -0.3 is 4.90 Å². The third-order valence-electron chi connectivity index (χ3n) is 4.52. The predicted molar refractivity (Wildman–Crippen MR) is 124 cm³/mol. The van der Waals surface area contributed by atoms with Gasteiger partial charge in [-0.25, -0.2) is 0 Å². The normalized spacial score (nSPS) is 10.9. The topological polar surface area (TPSA) is 3.24 Å². The molecule has 0 aromatic heterocycles. The van der Waals surface area contributed by atoms with Crippen LogP contribution in [0.3, 0.4) is 0 Å². The monoisotopic (exact) mass is 425 g/mol. The Balaban J connectivity index is 1.62. The Kier molecular flexibility index (Phi) is 5.69. The summed E-state index contributed by atoms with van der Waals surface area (Å²) < 4.78 is 1.09. The van der Waals surface area contributed by atoms with Crippen molar-refractivity contribution in [2.75, 3.05) is 4.90 Å². The van der Waals surface area contributed by atoms with Gasteiger partial charge >= 0.3 is 0 Å². The summed E-state index contributed by atoms with van der Waals surface area (Å²) in [5.41, 5.74) is 5.78. The first-order valence-corrected chi connectivity index (χ1v) is 10.0. The van der Waals surface area contributed by atoms with E-state index in [0.717, 1.165) is 21.5 Å². The van der Waals surface area contributed by atoms with Crippen molar-refractivity contribution < 1.29 is 0 Å². The van der Waals surface area contributed by atoms with E-state index in [9.17, 15) is 0 Å². The molecule has 0 aliphatic rings. The number of para-hydroxylation sites is 2. The lowest BCUT2D eigenvalue weighted by Gasteiger charge is -2.25. The van der Waals surface area contributed by atoms with Gasteiger partial charge in [0.05, 0.1) is 0 Å². The summed E-state index contributed by atoms with van der Waals surface area (Å²) in [6.07, 6.45) is 4.27. The highest BCUT2D eigenvalue weighted by molar-refractivity contribution is 9.10. The lowest BCUT2D eigenvalue weighted by molar-refractivity contribution is 1.28. The van der Waals surface area contributed by atoms with Crippen LogP contribution in [0.25, 0.3) is 12.2 Å². The minimum Gasteiger partial charge on any atom is -0.311 e. The van der Waals surface area contributed by atoms with Crippen molar-refractivity contribution in [3.05, 3.63) is 125 Å². The van der Waals surface area contributed by atoms with Crippen LogP contribution in [-0.4, -0.2) is 0 Å². The number of hydrogen-bond donors (Lipinski definition) is 0. The minimum atomic E-state index is 1.09. The van der Waals surface area contributed by atoms with Crippen LogP contribution in [-0.2, 0) is 0 Å². The average molecular weight is 426 g/mol. The van der Waals surface area contributed by atoms with E-state index in [1.54, 1.807) is 0 Å². The molecule has 4 rings (SSSR count). The zero-order chi connectivity index (χ0) is 19.2. The highest BCUT2D eigenvalue weighted by atomic mass is 79.9. The van der Waals surface area contributed by atoms with Gasteiger partial charge in [0.2, 0.25) is 0 Å². The molecule has 0 aliphatic heterocycles. The number of anilines is 3. The third-order valence-corrected chi connectivity index (χ3v) is 5.05. The lowest BCUT2D eigenvalue weighted by Crippen LogP contribution is -2.09. The highest BCUT2D eigenvalue weighted by Crippen LogP contribution is 2.34. The molecule has 0 amide bonds. The zero-order valence-electron chi connectivity index (χ0n) is 15.4. The molecule has 0 aliphatic carbocycles. The van der Waals surface area contributed by atoms with Gasteiger partial charge in [0.1, 0.15) is 0 Å². The van der Waals surface area contributed by atoms with Gasteiger partial charge in [0, 0.05) is 21.5 Å². The average Bonchev–Trinajstić information content (AvgIpc) is 2.76. The molecular weight excluding hydrogens is 406 g/mol. The van der Waals surface area contributed by atoms with E-state index in [2.05, 4.69) is 130 Å². The third kappa shape index (κ3) is 4.41. The van der Waals surface area contributed by atoms with Gasteiger partial charge in [-0.1, -0.05) is 88.7 Å². The standard InChI is InChI=1S/C26H20BrN/c27-23-17-13-21(14-18-23)11-12-22-15-19-26(20-16-22)28(24-7-3-1-4-8-24)25-9-5-2-6-10-25/h1-20H/b12-11+. The Bertz CT molecular complexity index is 998. The fourth-order valence-electron chi connectivity index (χ4n) is 3.10. The second kappa shape index (κ2) is 8.73. The molecule has 0 saturated heterocycles. The summed E-state index contributed by atoms with van der Waals surface area (Å²) in [6, 6.07) is 37.9. The zero-order valence-corrected chi connectivity index (χ0v) is 17.0. The van der Waals surface area contributed by atoms with Crippen molar-refractivity contribution in [2.45, 2.75) is 0 Å². The summed E-state index contributed by atoms with van der Waals surface area (Å²) in [5.74, 6) is 0. The molecule has 0 radical (unpaired) electrons. The van der Waals surface area contributed by atoms with Crippen molar-refractivity contribution in [2.24, 2.45) is 0 Å². The molecule has 136 valence electrons. The molecule has 0 fully saturated rings. The van der Waals surface area contributed by atoms with Crippen molar-refractivity contribution in [1.82, 2.24) is 0 Å². The van der Waals surface area contributed by atoms with Crippen LogP contribution in [0, 0.1) is 0 Å². The van der Waals surface area contributed by atoms with Crippen LogP contribution >= 0.6 is 15.9 Å². The fourth-order valence-corrected chi connectivity index (χ4v) is 3.37. The maximum atomic E-state index is 3.47. The number of halogens is 1. The second-order valence-electron chi connectivity index (χ2n) is 6.48. The van der Waals surface area contributed by atoms with E-state index >= 15 is 0 Å². The molecule has 28 heavy (non-hydrogen) atoms.